The SMILES string of the molecule is CN(CC1(N(C)C)CCC1)C(=O)CC1(C(=O)O)CCCC1. The lowest BCUT2D eigenvalue weighted by atomic mass is 9.75. The number of carboxylic acids is 1. The smallest absolute Gasteiger partial charge is 0.310 e. The summed E-state index contributed by atoms with van der Waals surface area (Å²) in [6, 6.07) is 0. The Morgan fingerprint density at radius 3 is 1.95 bits per heavy atom. The van der Waals surface area contributed by atoms with Crippen LogP contribution in [0, 0.1) is 5.41 Å². The monoisotopic (exact) mass is 296 g/mol. The first-order valence-corrected chi connectivity index (χ1v) is 7.96. The maximum atomic E-state index is 12.5. The summed E-state index contributed by atoms with van der Waals surface area (Å²) in [5, 5.41) is 9.49. The number of amides is 1. The van der Waals surface area contributed by atoms with Crippen LogP contribution >= 0.6 is 0 Å². The van der Waals surface area contributed by atoms with Crippen molar-refractivity contribution < 1.29 is 14.7 Å². The van der Waals surface area contributed by atoms with E-state index in [1.54, 1.807) is 4.90 Å². The third kappa shape index (κ3) is 3.07. The Morgan fingerprint density at radius 2 is 1.57 bits per heavy atom. The molecule has 0 saturated heterocycles. The van der Waals surface area contributed by atoms with E-state index in [2.05, 4.69) is 19.0 Å². The standard InChI is InChI=1S/C16H28N2O3/c1-17(2)16(9-6-10-16)12-18(3)13(19)11-15(14(20)21)7-4-5-8-15/h4-12H2,1-3H3,(H,20,21). The molecule has 0 radical (unpaired) electrons. The van der Waals surface area contributed by atoms with Gasteiger partial charge in [0.25, 0.3) is 0 Å². The van der Waals surface area contributed by atoms with E-state index in [1.807, 2.05) is 7.05 Å². The van der Waals surface area contributed by atoms with Gasteiger partial charge in [-0.15, -0.1) is 0 Å². The van der Waals surface area contributed by atoms with E-state index in [0.29, 0.717) is 19.4 Å². The Bertz CT molecular complexity index is 410. The first-order chi connectivity index (χ1) is 9.81. The summed E-state index contributed by atoms with van der Waals surface area (Å²) in [6.45, 7) is 0.703. The molecular formula is C16H28N2O3. The Hall–Kier alpha value is -1.10. The second-order valence-electron chi connectivity index (χ2n) is 7.19. The Kier molecular flexibility index (Phi) is 4.61. The fourth-order valence-corrected chi connectivity index (χ4v) is 3.80. The van der Waals surface area contributed by atoms with E-state index in [4.69, 9.17) is 0 Å². The Balaban J connectivity index is 1.98. The van der Waals surface area contributed by atoms with Crippen molar-refractivity contribution in [3.8, 4) is 0 Å². The van der Waals surface area contributed by atoms with Gasteiger partial charge in [0.15, 0.2) is 0 Å². The molecule has 0 aromatic heterocycles. The summed E-state index contributed by atoms with van der Waals surface area (Å²) in [6.07, 6.45) is 6.71. The number of carbonyl (C=O) groups excluding carboxylic acids is 1. The molecule has 2 aliphatic rings. The van der Waals surface area contributed by atoms with Gasteiger partial charge in [0.1, 0.15) is 0 Å². The minimum Gasteiger partial charge on any atom is -0.481 e. The number of likely N-dealkylation sites (N-methyl/N-ethyl adjacent to an activating group) is 2. The van der Waals surface area contributed by atoms with E-state index >= 15 is 0 Å². The van der Waals surface area contributed by atoms with Crippen LogP contribution in [-0.4, -0.2) is 60.0 Å². The summed E-state index contributed by atoms with van der Waals surface area (Å²) < 4.78 is 0. The van der Waals surface area contributed by atoms with Crippen LogP contribution in [0.3, 0.4) is 0 Å². The molecule has 5 heteroatoms. The van der Waals surface area contributed by atoms with Crippen LogP contribution in [0.2, 0.25) is 0 Å². The summed E-state index contributed by atoms with van der Waals surface area (Å²) in [5.74, 6) is -0.819. The van der Waals surface area contributed by atoms with Gasteiger partial charge in [-0.1, -0.05) is 12.8 Å². The number of hydrogen-bond donors (Lipinski definition) is 1. The third-order valence-corrected chi connectivity index (χ3v) is 5.69. The van der Waals surface area contributed by atoms with Gasteiger partial charge in [0.05, 0.1) is 5.41 Å². The molecule has 0 unspecified atom stereocenters. The van der Waals surface area contributed by atoms with Crippen molar-refractivity contribution in [3.63, 3.8) is 0 Å². The lowest BCUT2D eigenvalue weighted by Crippen LogP contribution is -2.57. The van der Waals surface area contributed by atoms with Gasteiger partial charge >= 0.3 is 5.97 Å². The van der Waals surface area contributed by atoms with Crippen LogP contribution in [0.25, 0.3) is 0 Å². The molecule has 1 amide bonds. The molecule has 0 aromatic carbocycles. The second-order valence-corrected chi connectivity index (χ2v) is 7.19. The van der Waals surface area contributed by atoms with Crippen molar-refractivity contribution >= 4 is 11.9 Å². The summed E-state index contributed by atoms with van der Waals surface area (Å²) in [5.41, 5.74) is -0.716. The predicted octanol–water partition coefficient (Wildman–Crippen LogP) is 1.96. The molecule has 120 valence electrons. The molecule has 21 heavy (non-hydrogen) atoms. The molecule has 0 aromatic rings. The molecule has 2 fully saturated rings. The molecule has 0 bridgehead atoms. The number of rotatable bonds is 6. The zero-order valence-corrected chi connectivity index (χ0v) is 13.5. The Morgan fingerprint density at radius 1 is 1.00 bits per heavy atom. The lowest BCUT2D eigenvalue weighted by molar-refractivity contribution is -0.153. The summed E-state index contributed by atoms with van der Waals surface area (Å²) in [7, 11) is 5.94. The van der Waals surface area contributed by atoms with E-state index < -0.39 is 11.4 Å². The fourth-order valence-electron chi connectivity index (χ4n) is 3.80. The highest BCUT2D eigenvalue weighted by Gasteiger charge is 2.45. The average Bonchev–Trinajstić information content (AvgIpc) is 2.82. The Labute approximate surface area is 127 Å². The van der Waals surface area contributed by atoms with Crippen LogP contribution in [0.15, 0.2) is 0 Å². The van der Waals surface area contributed by atoms with E-state index in [-0.39, 0.29) is 17.9 Å². The molecule has 0 aliphatic heterocycles. The van der Waals surface area contributed by atoms with Crippen LogP contribution in [-0.2, 0) is 9.59 Å². The van der Waals surface area contributed by atoms with Crippen molar-refractivity contribution in [1.82, 2.24) is 9.80 Å². The maximum absolute atomic E-state index is 12.5. The molecule has 2 rings (SSSR count). The molecule has 5 nitrogen and oxygen atoms in total. The highest BCUT2D eigenvalue weighted by atomic mass is 16.4. The largest absolute Gasteiger partial charge is 0.481 e. The molecule has 2 aliphatic carbocycles. The van der Waals surface area contributed by atoms with Crippen LogP contribution < -0.4 is 0 Å². The van der Waals surface area contributed by atoms with Gasteiger partial charge in [-0.3, -0.25) is 9.59 Å². The fraction of sp³-hybridized carbons (Fsp3) is 0.875. The zero-order chi connectivity index (χ0) is 15.7. The number of aliphatic carboxylic acids is 1. The number of nitrogens with zero attached hydrogens (tertiary/aromatic N) is 2. The first-order valence-electron chi connectivity index (χ1n) is 7.96. The van der Waals surface area contributed by atoms with Gasteiger partial charge in [-0.25, -0.2) is 0 Å². The maximum Gasteiger partial charge on any atom is 0.310 e. The normalized spacial score (nSPS) is 22.9. The molecule has 2 saturated carbocycles. The van der Waals surface area contributed by atoms with Crippen molar-refractivity contribution in [1.29, 1.82) is 0 Å². The highest BCUT2D eigenvalue weighted by Crippen LogP contribution is 2.42. The predicted molar refractivity (Wildman–Crippen MR) is 81.1 cm³/mol. The molecule has 0 heterocycles. The minimum absolute atomic E-state index is 0.0209. The molecule has 0 atom stereocenters. The van der Waals surface area contributed by atoms with Gasteiger partial charge in [-0.05, 0) is 46.2 Å². The van der Waals surface area contributed by atoms with Crippen molar-refractivity contribution in [2.24, 2.45) is 5.41 Å². The molecule has 0 spiro atoms. The second kappa shape index (κ2) is 5.95. The van der Waals surface area contributed by atoms with Gasteiger partial charge < -0.3 is 14.9 Å². The summed E-state index contributed by atoms with van der Waals surface area (Å²) >= 11 is 0. The van der Waals surface area contributed by atoms with Crippen LogP contribution in [0.4, 0.5) is 0 Å². The third-order valence-electron chi connectivity index (χ3n) is 5.69. The minimum atomic E-state index is -0.809. The number of carbonyl (C=O) groups is 2. The van der Waals surface area contributed by atoms with Crippen LogP contribution in [0.5, 0.6) is 0 Å². The van der Waals surface area contributed by atoms with E-state index in [1.165, 1.54) is 6.42 Å². The van der Waals surface area contributed by atoms with Gasteiger partial charge in [0.2, 0.25) is 5.91 Å². The van der Waals surface area contributed by atoms with Crippen molar-refractivity contribution in [3.05, 3.63) is 0 Å². The topological polar surface area (TPSA) is 60.9 Å². The van der Waals surface area contributed by atoms with Crippen molar-refractivity contribution in [2.75, 3.05) is 27.7 Å². The van der Waals surface area contributed by atoms with Gasteiger partial charge in [-0.2, -0.15) is 0 Å². The quantitative estimate of drug-likeness (QED) is 0.814. The average molecular weight is 296 g/mol. The summed E-state index contributed by atoms with van der Waals surface area (Å²) in [4.78, 5) is 28.0. The first kappa shape index (κ1) is 16.3. The number of carboxylic acid groups (broad SMARTS) is 1. The van der Waals surface area contributed by atoms with Crippen molar-refractivity contribution in [2.45, 2.75) is 56.9 Å². The molecule has 1 N–H and O–H groups in total. The number of hydrogen-bond acceptors (Lipinski definition) is 3. The lowest BCUT2D eigenvalue weighted by Gasteiger charge is -2.49. The highest BCUT2D eigenvalue weighted by molar-refractivity contribution is 5.85. The zero-order valence-electron chi connectivity index (χ0n) is 13.5. The molecular weight excluding hydrogens is 268 g/mol. The van der Waals surface area contributed by atoms with E-state index in [0.717, 1.165) is 25.7 Å². The van der Waals surface area contributed by atoms with Crippen LogP contribution in [0.1, 0.15) is 51.4 Å². The van der Waals surface area contributed by atoms with Gasteiger partial charge in [0, 0.05) is 25.6 Å². The van der Waals surface area contributed by atoms with E-state index in [9.17, 15) is 14.7 Å².